The zero-order valence-corrected chi connectivity index (χ0v) is 11.6. The highest BCUT2D eigenvalue weighted by Crippen LogP contribution is 2.16. The van der Waals surface area contributed by atoms with Crippen molar-refractivity contribution in [3.8, 4) is 5.75 Å². The predicted octanol–water partition coefficient (Wildman–Crippen LogP) is 2.82. The first-order valence-corrected chi connectivity index (χ1v) is 6.45. The standard InChI is InChI=1S/C16H16N2O3/c1-12-6-2-4-8-14(12)18-16(19)11-21-15-9-5-3-7-13(15)10-17-20/h2-10,20H,11H2,1H3,(H,18,19). The van der Waals surface area contributed by atoms with Gasteiger partial charge in [0.15, 0.2) is 6.61 Å². The minimum absolute atomic E-state index is 0.120. The zero-order valence-electron chi connectivity index (χ0n) is 11.6. The number of nitrogens with one attached hydrogen (secondary N) is 1. The molecule has 5 heteroatoms. The van der Waals surface area contributed by atoms with Gasteiger partial charge in [-0.3, -0.25) is 4.79 Å². The molecule has 2 aromatic rings. The normalized spacial score (nSPS) is 10.5. The largest absolute Gasteiger partial charge is 0.483 e. The summed E-state index contributed by atoms with van der Waals surface area (Å²) in [5, 5.41) is 14.3. The van der Waals surface area contributed by atoms with E-state index in [0.717, 1.165) is 11.3 Å². The summed E-state index contributed by atoms with van der Waals surface area (Å²) in [6, 6.07) is 14.5. The van der Waals surface area contributed by atoms with E-state index < -0.39 is 0 Å². The van der Waals surface area contributed by atoms with Gasteiger partial charge in [0, 0.05) is 11.3 Å². The molecule has 0 spiro atoms. The summed E-state index contributed by atoms with van der Waals surface area (Å²) in [6.45, 7) is 1.80. The summed E-state index contributed by atoms with van der Waals surface area (Å²) in [5.41, 5.74) is 2.35. The summed E-state index contributed by atoms with van der Waals surface area (Å²) in [5.74, 6) is 0.232. The number of carbonyl (C=O) groups is 1. The van der Waals surface area contributed by atoms with Gasteiger partial charge in [0.25, 0.3) is 5.91 Å². The molecular formula is C16H16N2O3. The maximum atomic E-state index is 11.9. The fourth-order valence-electron chi connectivity index (χ4n) is 1.82. The average molecular weight is 284 g/mol. The van der Waals surface area contributed by atoms with Crippen LogP contribution in [0.2, 0.25) is 0 Å². The van der Waals surface area contributed by atoms with Gasteiger partial charge < -0.3 is 15.3 Å². The van der Waals surface area contributed by atoms with Gasteiger partial charge >= 0.3 is 0 Å². The molecule has 0 aliphatic heterocycles. The molecule has 0 fully saturated rings. The molecule has 0 radical (unpaired) electrons. The van der Waals surface area contributed by atoms with Crippen LogP contribution in [0.5, 0.6) is 5.75 Å². The van der Waals surface area contributed by atoms with Crippen molar-refractivity contribution in [1.29, 1.82) is 0 Å². The highest BCUT2D eigenvalue weighted by Gasteiger charge is 2.07. The van der Waals surface area contributed by atoms with Crippen LogP contribution in [0.4, 0.5) is 5.69 Å². The van der Waals surface area contributed by atoms with E-state index in [0.29, 0.717) is 11.3 Å². The summed E-state index contributed by atoms with van der Waals surface area (Å²) in [7, 11) is 0. The van der Waals surface area contributed by atoms with Crippen molar-refractivity contribution in [2.24, 2.45) is 5.16 Å². The van der Waals surface area contributed by atoms with Gasteiger partial charge in [-0.25, -0.2) is 0 Å². The molecule has 0 aliphatic carbocycles. The fourth-order valence-corrected chi connectivity index (χ4v) is 1.82. The maximum Gasteiger partial charge on any atom is 0.262 e. The van der Waals surface area contributed by atoms with Crippen molar-refractivity contribution >= 4 is 17.8 Å². The Bertz CT molecular complexity index is 653. The molecule has 2 rings (SSSR count). The molecule has 0 saturated carbocycles. The monoisotopic (exact) mass is 284 g/mol. The zero-order chi connectivity index (χ0) is 15.1. The topological polar surface area (TPSA) is 70.9 Å². The molecule has 0 heterocycles. The van der Waals surface area contributed by atoms with Crippen molar-refractivity contribution in [3.05, 3.63) is 59.7 Å². The van der Waals surface area contributed by atoms with Gasteiger partial charge in [-0.05, 0) is 30.7 Å². The Morgan fingerprint density at radius 1 is 1.24 bits per heavy atom. The van der Waals surface area contributed by atoms with Crippen molar-refractivity contribution in [2.75, 3.05) is 11.9 Å². The van der Waals surface area contributed by atoms with Crippen LogP contribution in [0, 0.1) is 6.92 Å². The first-order valence-electron chi connectivity index (χ1n) is 6.45. The molecule has 0 unspecified atom stereocenters. The quantitative estimate of drug-likeness (QED) is 0.504. The third-order valence-corrected chi connectivity index (χ3v) is 2.89. The van der Waals surface area contributed by atoms with E-state index in [1.54, 1.807) is 24.3 Å². The molecule has 2 aromatic carbocycles. The SMILES string of the molecule is Cc1ccccc1NC(=O)COc1ccccc1C=NO. The van der Waals surface area contributed by atoms with Gasteiger partial charge in [0.05, 0.1) is 6.21 Å². The van der Waals surface area contributed by atoms with Crippen LogP contribution in [0.3, 0.4) is 0 Å². The van der Waals surface area contributed by atoms with E-state index in [1.165, 1.54) is 6.21 Å². The number of amides is 1. The minimum atomic E-state index is -0.250. The minimum Gasteiger partial charge on any atom is -0.483 e. The number of para-hydroxylation sites is 2. The molecule has 21 heavy (non-hydrogen) atoms. The number of hydrogen-bond donors (Lipinski definition) is 2. The number of carbonyl (C=O) groups excluding carboxylic acids is 1. The molecule has 2 N–H and O–H groups in total. The lowest BCUT2D eigenvalue weighted by Crippen LogP contribution is -2.21. The first-order chi connectivity index (χ1) is 10.2. The van der Waals surface area contributed by atoms with Crippen LogP contribution >= 0.6 is 0 Å². The van der Waals surface area contributed by atoms with E-state index in [1.807, 2.05) is 31.2 Å². The lowest BCUT2D eigenvalue weighted by Gasteiger charge is -2.10. The first kappa shape index (κ1) is 14.6. The Labute approximate surface area is 122 Å². The van der Waals surface area contributed by atoms with Crippen LogP contribution in [0.25, 0.3) is 0 Å². The van der Waals surface area contributed by atoms with Crippen molar-refractivity contribution < 1.29 is 14.7 Å². The highest BCUT2D eigenvalue weighted by atomic mass is 16.5. The third kappa shape index (κ3) is 4.07. The second kappa shape index (κ2) is 7.09. The summed E-state index contributed by atoms with van der Waals surface area (Å²) < 4.78 is 5.45. The van der Waals surface area contributed by atoms with Gasteiger partial charge in [0.2, 0.25) is 0 Å². The molecule has 5 nitrogen and oxygen atoms in total. The Balaban J connectivity index is 1.97. The number of oxime groups is 1. The van der Waals surface area contributed by atoms with Crippen LogP contribution < -0.4 is 10.1 Å². The second-order valence-corrected chi connectivity index (χ2v) is 4.43. The van der Waals surface area contributed by atoms with Crippen LogP contribution in [0.1, 0.15) is 11.1 Å². The Hall–Kier alpha value is -2.82. The molecule has 0 bridgehead atoms. The Morgan fingerprint density at radius 2 is 1.95 bits per heavy atom. The third-order valence-electron chi connectivity index (χ3n) is 2.89. The van der Waals surface area contributed by atoms with Crippen molar-refractivity contribution in [1.82, 2.24) is 0 Å². The molecule has 0 atom stereocenters. The molecular weight excluding hydrogens is 268 g/mol. The van der Waals surface area contributed by atoms with Crippen LogP contribution in [-0.4, -0.2) is 23.9 Å². The number of benzene rings is 2. The molecule has 1 amide bonds. The number of nitrogens with zero attached hydrogens (tertiary/aromatic N) is 1. The number of rotatable bonds is 5. The average Bonchev–Trinajstić information content (AvgIpc) is 2.49. The lowest BCUT2D eigenvalue weighted by atomic mass is 10.2. The van der Waals surface area contributed by atoms with Crippen LogP contribution in [-0.2, 0) is 4.79 Å². The van der Waals surface area contributed by atoms with E-state index in [4.69, 9.17) is 9.94 Å². The number of hydrogen-bond acceptors (Lipinski definition) is 4. The van der Waals surface area contributed by atoms with Gasteiger partial charge in [-0.15, -0.1) is 0 Å². The van der Waals surface area contributed by atoms with E-state index in [-0.39, 0.29) is 12.5 Å². The molecule has 108 valence electrons. The van der Waals surface area contributed by atoms with Gasteiger partial charge in [0.1, 0.15) is 5.75 Å². The lowest BCUT2D eigenvalue weighted by molar-refractivity contribution is -0.118. The highest BCUT2D eigenvalue weighted by molar-refractivity contribution is 5.92. The number of anilines is 1. The van der Waals surface area contributed by atoms with E-state index in [2.05, 4.69) is 10.5 Å². The Morgan fingerprint density at radius 3 is 2.71 bits per heavy atom. The number of ether oxygens (including phenoxy) is 1. The van der Waals surface area contributed by atoms with Gasteiger partial charge in [-0.2, -0.15) is 0 Å². The van der Waals surface area contributed by atoms with Gasteiger partial charge in [-0.1, -0.05) is 35.5 Å². The smallest absolute Gasteiger partial charge is 0.262 e. The molecule has 0 aliphatic rings. The molecule has 0 saturated heterocycles. The Kier molecular flexibility index (Phi) is 4.93. The fraction of sp³-hybridized carbons (Fsp3) is 0.125. The van der Waals surface area contributed by atoms with Crippen molar-refractivity contribution in [2.45, 2.75) is 6.92 Å². The predicted molar refractivity (Wildman–Crippen MR) is 81.1 cm³/mol. The summed E-state index contributed by atoms with van der Waals surface area (Å²) in [6.07, 6.45) is 1.26. The summed E-state index contributed by atoms with van der Waals surface area (Å²) >= 11 is 0. The maximum absolute atomic E-state index is 11.9. The number of aryl methyl sites for hydroxylation is 1. The second-order valence-electron chi connectivity index (χ2n) is 4.43. The molecule has 0 aromatic heterocycles. The van der Waals surface area contributed by atoms with E-state index in [9.17, 15) is 4.79 Å². The summed E-state index contributed by atoms with van der Waals surface area (Å²) in [4.78, 5) is 11.9. The van der Waals surface area contributed by atoms with E-state index >= 15 is 0 Å². The van der Waals surface area contributed by atoms with Crippen LogP contribution in [0.15, 0.2) is 53.7 Å². The van der Waals surface area contributed by atoms with Crippen molar-refractivity contribution in [3.63, 3.8) is 0 Å².